The minimum atomic E-state index is 0.352. The average Bonchev–Trinajstić information content (AvgIpc) is 3.02. The van der Waals surface area contributed by atoms with Crippen LogP contribution in [0.25, 0.3) is 0 Å². The van der Waals surface area contributed by atoms with Crippen LogP contribution in [0.1, 0.15) is 35.4 Å². The van der Waals surface area contributed by atoms with Crippen molar-refractivity contribution in [3.63, 3.8) is 0 Å². The van der Waals surface area contributed by atoms with Crippen LogP contribution in [0.2, 0.25) is 0 Å². The molecule has 176 valence electrons. The summed E-state index contributed by atoms with van der Waals surface area (Å²) in [6, 6.07) is 33.2. The zero-order chi connectivity index (χ0) is 22.9. The number of ether oxygens (including phenoxy) is 1. The summed E-state index contributed by atoms with van der Waals surface area (Å²) in [7, 11) is 1.77. The van der Waals surface area contributed by atoms with E-state index in [0.717, 1.165) is 18.2 Å². The molecule has 0 aromatic heterocycles. The lowest BCUT2D eigenvalue weighted by Crippen LogP contribution is -2.63. The molecule has 3 saturated heterocycles. The van der Waals surface area contributed by atoms with E-state index < -0.39 is 0 Å². The number of hydrogen-bond donors (Lipinski definition) is 1. The molecule has 6 atom stereocenters. The molecule has 34 heavy (non-hydrogen) atoms. The molecule has 0 spiro atoms. The lowest BCUT2D eigenvalue weighted by Gasteiger charge is -2.51. The van der Waals surface area contributed by atoms with Crippen molar-refractivity contribution < 1.29 is 4.74 Å². The fourth-order valence-electron chi connectivity index (χ4n) is 6.84. The minimum absolute atomic E-state index is 0.352. The summed E-state index contributed by atoms with van der Waals surface area (Å²) >= 11 is 2.17. The molecule has 3 aliphatic heterocycles. The number of thioether (sulfide) groups is 1. The van der Waals surface area contributed by atoms with Gasteiger partial charge in [0.05, 0.1) is 7.11 Å². The topological polar surface area (TPSA) is 24.5 Å². The van der Waals surface area contributed by atoms with Crippen molar-refractivity contribution in [2.75, 3.05) is 18.6 Å². The summed E-state index contributed by atoms with van der Waals surface area (Å²) in [6.07, 6.45) is 2.62. The van der Waals surface area contributed by atoms with Crippen LogP contribution in [-0.2, 0) is 6.54 Å². The Labute approximate surface area is 207 Å². The molecule has 3 aromatic rings. The van der Waals surface area contributed by atoms with Crippen LogP contribution in [0.3, 0.4) is 0 Å². The van der Waals surface area contributed by atoms with Crippen LogP contribution in [-0.4, -0.2) is 47.7 Å². The molecule has 3 nitrogen and oxygen atoms in total. The highest BCUT2D eigenvalue weighted by Gasteiger charge is 2.55. The highest BCUT2D eigenvalue weighted by atomic mass is 32.2. The van der Waals surface area contributed by atoms with Gasteiger partial charge in [0.1, 0.15) is 5.75 Å². The summed E-state index contributed by atoms with van der Waals surface area (Å²) in [5, 5.41) is 4.04. The Morgan fingerprint density at radius 1 is 0.882 bits per heavy atom. The van der Waals surface area contributed by atoms with E-state index in [1.54, 1.807) is 7.11 Å². The van der Waals surface area contributed by atoms with Gasteiger partial charge >= 0.3 is 0 Å². The van der Waals surface area contributed by atoms with Gasteiger partial charge in [-0.25, -0.2) is 0 Å². The summed E-state index contributed by atoms with van der Waals surface area (Å²) in [4.78, 5) is 2.95. The van der Waals surface area contributed by atoms with Crippen LogP contribution in [0.5, 0.6) is 5.75 Å². The molecular weight excluding hydrogens is 436 g/mol. The smallest absolute Gasteiger partial charge is 0.123 e. The van der Waals surface area contributed by atoms with Crippen LogP contribution >= 0.6 is 11.8 Å². The van der Waals surface area contributed by atoms with Crippen LogP contribution in [0.15, 0.2) is 84.9 Å². The Bertz CT molecular complexity index is 1050. The summed E-state index contributed by atoms with van der Waals surface area (Å²) in [5.41, 5.74) is 4.10. The highest BCUT2D eigenvalue weighted by Crippen LogP contribution is 2.50. The molecule has 3 aromatic carbocycles. The summed E-state index contributed by atoms with van der Waals surface area (Å²) in [5.74, 6) is 4.69. The standard InChI is InChI=1S/C30H34N2OS/c1-33-28-15-9-8-14-23(28)18-31-26-17-24-16-25-19-34-20-27(24)32(25)30(26)29(21-10-4-2-5-11-21)22-12-6-3-7-13-22/h2-15,24-27,29-31H,16-20H2,1H3. The van der Waals surface area contributed by atoms with E-state index in [2.05, 4.69) is 107 Å². The first-order valence-electron chi connectivity index (χ1n) is 12.6. The lowest BCUT2D eigenvalue weighted by atomic mass is 9.75. The zero-order valence-electron chi connectivity index (χ0n) is 19.8. The number of hydrogen-bond acceptors (Lipinski definition) is 4. The van der Waals surface area contributed by atoms with Gasteiger partial charge in [0.2, 0.25) is 0 Å². The fourth-order valence-corrected chi connectivity index (χ4v) is 8.24. The maximum absolute atomic E-state index is 5.66. The Hall–Kier alpha value is -2.27. The second-order valence-corrected chi connectivity index (χ2v) is 11.1. The van der Waals surface area contributed by atoms with Crippen LogP contribution in [0, 0.1) is 5.92 Å². The first-order chi connectivity index (χ1) is 16.8. The maximum atomic E-state index is 5.66. The van der Waals surface area contributed by atoms with Gasteiger partial charge in [0, 0.05) is 53.7 Å². The molecule has 3 aliphatic rings. The van der Waals surface area contributed by atoms with Gasteiger partial charge in [-0.15, -0.1) is 0 Å². The van der Waals surface area contributed by atoms with Crippen molar-refractivity contribution >= 4 is 11.8 Å². The van der Waals surface area contributed by atoms with E-state index in [0.29, 0.717) is 30.1 Å². The molecule has 6 unspecified atom stereocenters. The molecule has 3 fully saturated rings. The third-order valence-electron chi connectivity index (χ3n) is 8.24. The van der Waals surface area contributed by atoms with Gasteiger partial charge < -0.3 is 10.1 Å². The van der Waals surface area contributed by atoms with Crippen molar-refractivity contribution in [1.82, 2.24) is 10.2 Å². The van der Waals surface area contributed by atoms with E-state index in [1.165, 1.54) is 41.0 Å². The first kappa shape index (κ1) is 22.2. The van der Waals surface area contributed by atoms with Gasteiger partial charge in [-0.3, -0.25) is 4.90 Å². The van der Waals surface area contributed by atoms with Crippen LogP contribution in [0.4, 0.5) is 0 Å². The predicted octanol–water partition coefficient (Wildman–Crippen LogP) is 5.56. The molecule has 6 rings (SSSR count). The molecule has 0 amide bonds. The normalized spacial score (nSPS) is 29.8. The Morgan fingerprint density at radius 3 is 2.26 bits per heavy atom. The summed E-state index contributed by atoms with van der Waals surface area (Å²) < 4.78 is 5.66. The van der Waals surface area contributed by atoms with E-state index in [1.807, 2.05) is 0 Å². The number of nitrogens with zero attached hydrogens (tertiary/aromatic N) is 1. The molecule has 4 bridgehead atoms. The largest absolute Gasteiger partial charge is 0.496 e. The molecule has 0 saturated carbocycles. The SMILES string of the molecule is COc1ccccc1CNC1CC2CC3CSCC2N3C1C(c1ccccc1)c1ccccc1. The van der Waals surface area contributed by atoms with Crippen molar-refractivity contribution in [3.8, 4) is 5.75 Å². The lowest BCUT2D eigenvalue weighted by molar-refractivity contribution is 0.0531. The second kappa shape index (κ2) is 9.77. The monoisotopic (exact) mass is 470 g/mol. The van der Waals surface area contributed by atoms with Crippen molar-refractivity contribution in [2.45, 2.75) is 49.5 Å². The number of piperidine rings is 1. The predicted molar refractivity (Wildman–Crippen MR) is 142 cm³/mol. The molecule has 1 N–H and O–H groups in total. The van der Waals surface area contributed by atoms with E-state index in [4.69, 9.17) is 4.74 Å². The first-order valence-corrected chi connectivity index (χ1v) is 13.8. The number of rotatable bonds is 7. The van der Waals surface area contributed by atoms with Gasteiger partial charge in [0.25, 0.3) is 0 Å². The van der Waals surface area contributed by atoms with Crippen molar-refractivity contribution in [3.05, 3.63) is 102 Å². The Balaban J connectivity index is 1.39. The number of benzene rings is 3. The molecule has 3 heterocycles. The van der Waals surface area contributed by atoms with Gasteiger partial charge in [0.15, 0.2) is 0 Å². The summed E-state index contributed by atoms with van der Waals surface area (Å²) in [6.45, 7) is 0.839. The highest BCUT2D eigenvalue weighted by molar-refractivity contribution is 7.99. The third kappa shape index (κ3) is 4.06. The van der Waals surface area contributed by atoms with Gasteiger partial charge in [-0.2, -0.15) is 11.8 Å². The Kier molecular flexibility index (Phi) is 6.38. The quantitative estimate of drug-likeness (QED) is 0.488. The fraction of sp³-hybridized carbons (Fsp3) is 0.400. The van der Waals surface area contributed by atoms with Crippen molar-refractivity contribution in [2.24, 2.45) is 5.92 Å². The van der Waals surface area contributed by atoms with E-state index in [-0.39, 0.29) is 0 Å². The molecular formula is C30H34N2OS. The number of nitrogens with one attached hydrogen (secondary N) is 1. The number of methoxy groups -OCH3 is 1. The van der Waals surface area contributed by atoms with Crippen molar-refractivity contribution in [1.29, 1.82) is 0 Å². The molecule has 4 heteroatoms. The molecule has 0 radical (unpaired) electrons. The third-order valence-corrected chi connectivity index (χ3v) is 9.44. The average molecular weight is 471 g/mol. The second-order valence-electron chi connectivity index (χ2n) is 10.0. The minimum Gasteiger partial charge on any atom is -0.496 e. The molecule has 0 aliphatic carbocycles. The zero-order valence-corrected chi connectivity index (χ0v) is 20.7. The van der Waals surface area contributed by atoms with Crippen LogP contribution < -0.4 is 10.1 Å². The van der Waals surface area contributed by atoms with Gasteiger partial charge in [-0.05, 0) is 36.0 Å². The number of para-hydroxylation sites is 1. The maximum Gasteiger partial charge on any atom is 0.123 e. The van der Waals surface area contributed by atoms with Gasteiger partial charge in [-0.1, -0.05) is 78.9 Å². The van der Waals surface area contributed by atoms with E-state index >= 15 is 0 Å². The van der Waals surface area contributed by atoms with E-state index in [9.17, 15) is 0 Å². The Morgan fingerprint density at radius 2 is 1.56 bits per heavy atom.